The third kappa shape index (κ3) is 4.36. The molecule has 1 heterocycles. The predicted molar refractivity (Wildman–Crippen MR) is 102 cm³/mol. The number of ether oxygens (including phenoxy) is 4. The molecule has 1 amide bonds. The second kappa shape index (κ2) is 8.65. The van der Waals surface area contributed by atoms with Crippen molar-refractivity contribution >= 4 is 11.7 Å². The van der Waals surface area contributed by atoms with Crippen LogP contribution in [-0.4, -0.2) is 43.6 Å². The minimum absolute atomic E-state index is 0.0678. The quantitative estimate of drug-likeness (QED) is 0.650. The van der Waals surface area contributed by atoms with Gasteiger partial charge in [-0.15, -0.1) is 0 Å². The molecular formula is C21H23NO6. The summed E-state index contributed by atoms with van der Waals surface area (Å²) in [7, 11) is 1.49. The number of fused-ring (bicyclic) bond motifs is 1. The normalized spacial score (nSPS) is 11.8. The topological polar surface area (TPSA) is 74.3 Å². The van der Waals surface area contributed by atoms with Crippen molar-refractivity contribution in [2.45, 2.75) is 20.4 Å². The SMILES string of the molecule is CCN(Cc1ccc2c(c1)OCO2)C(=O)COc1ccc(C(C)=O)cc1OC. The maximum absolute atomic E-state index is 12.6. The van der Waals surface area contributed by atoms with Crippen molar-refractivity contribution in [2.75, 3.05) is 27.1 Å². The molecule has 3 rings (SSSR count). The standard InChI is InChI=1S/C21H23NO6/c1-4-22(11-15-5-7-18-20(9-15)28-13-27-18)21(24)12-26-17-8-6-16(14(2)23)10-19(17)25-3/h5-10H,4,11-13H2,1-3H3. The van der Waals surface area contributed by atoms with Gasteiger partial charge in [0.1, 0.15) is 0 Å². The van der Waals surface area contributed by atoms with E-state index in [9.17, 15) is 9.59 Å². The number of methoxy groups -OCH3 is 1. The molecule has 0 spiro atoms. The van der Waals surface area contributed by atoms with Gasteiger partial charge in [0.05, 0.1) is 7.11 Å². The number of amides is 1. The van der Waals surface area contributed by atoms with E-state index in [-0.39, 0.29) is 25.1 Å². The van der Waals surface area contributed by atoms with Crippen LogP contribution in [0, 0.1) is 0 Å². The van der Waals surface area contributed by atoms with Gasteiger partial charge < -0.3 is 23.8 Å². The molecule has 7 nitrogen and oxygen atoms in total. The fraction of sp³-hybridized carbons (Fsp3) is 0.333. The summed E-state index contributed by atoms with van der Waals surface area (Å²) < 4.78 is 21.6. The molecule has 0 saturated heterocycles. The van der Waals surface area contributed by atoms with Gasteiger partial charge in [0, 0.05) is 18.7 Å². The van der Waals surface area contributed by atoms with Gasteiger partial charge in [-0.1, -0.05) is 6.07 Å². The van der Waals surface area contributed by atoms with Gasteiger partial charge in [-0.2, -0.15) is 0 Å². The van der Waals surface area contributed by atoms with E-state index in [1.165, 1.54) is 14.0 Å². The van der Waals surface area contributed by atoms with Crippen LogP contribution in [0.4, 0.5) is 0 Å². The first-order valence-corrected chi connectivity index (χ1v) is 9.00. The second-order valence-electron chi connectivity index (χ2n) is 6.31. The molecule has 148 valence electrons. The molecule has 1 aliphatic rings. The van der Waals surface area contributed by atoms with Crippen LogP contribution in [0.15, 0.2) is 36.4 Å². The van der Waals surface area contributed by atoms with Crippen LogP contribution in [0.3, 0.4) is 0 Å². The van der Waals surface area contributed by atoms with Crippen molar-refractivity contribution in [1.82, 2.24) is 4.90 Å². The maximum Gasteiger partial charge on any atom is 0.260 e. The first kappa shape index (κ1) is 19.5. The Kier molecular flexibility index (Phi) is 6.03. The lowest BCUT2D eigenvalue weighted by molar-refractivity contribution is -0.133. The highest BCUT2D eigenvalue weighted by molar-refractivity contribution is 5.94. The summed E-state index contributed by atoms with van der Waals surface area (Å²) in [5.41, 5.74) is 1.47. The van der Waals surface area contributed by atoms with Crippen LogP contribution in [0.5, 0.6) is 23.0 Å². The van der Waals surface area contributed by atoms with Crippen molar-refractivity contribution in [2.24, 2.45) is 0 Å². The fourth-order valence-electron chi connectivity index (χ4n) is 2.87. The first-order valence-electron chi connectivity index (χ1n) is 9.00. The fourth-order valence-corrected chi connectivity index (χ4v) is 2.87. The molecule has 0 atom stereocenters. The Morgan fingerprint density at radius 2 is 1.86 bits per heavy atom. The average Bonchev–Trinajstić information content (AvgIpc) is 3.17. The van der Waals surface area contributed by atoms with Crippen LogP contribution in [-0.2, 0) is 11.3 Å². The summed E-state index contributed by atoms with van der Waals surface area (Å²) in [6.45, 7) is 4.45. The zero-order valence-corrected chi connectivity index (χ0v) is 16.2. The van der Waals surface area contributed by atoms with E-state index in [1.54, 1.807) is 23.1 Å². The Morgan fingerprint density at radius 1 is 1.07 bits per heavy atom. The summed E-state index contributed by atoms with van der Waals surface area (Å²) in [5.74, 6) is 2.01. The number of hydrogen-bond acceptors (Lipinski definition) is 6. The zero-order chi connectivity index (χ0) is 20.1. The van der Waals surface area contributed by atoms with E-state index in [0.717, 1.165) is 5.56 Å². The van der Waals surface area contributed by atoms with E-state index in [1.807, 2.05) is 25.1 Å². The first-order chi connectivity index (χ1) is 13.5. The van der Waals surface area contributed by atoms with Crippen LogP contribution < -0.4 is 18.9 Å². The number of benzene rings is 2. The van der Waals surface area contributed by atoms with Crippen LogP contribution in [0.2, 0.25) is 0 Å². The van der Waals surface area contributed by atoms with Crippen LogP contribution >= 0.6 is 0 Å². The number of Topliss-reactive ketones (excluding diaryl/α,β-unsaturated/α-hetero) is 1. The van der Waals surface area contributed by atoms with Gasteiger partial charge in [-0.05, 0) is 49.7 Å². The van der Waals surface area contributed by atoms with Crippen LogP contribution in [0.25, 0.3) is 0 Å². The lowest BCUT2D eigenvalue weighted by Crippen LogP contribution is -2.34. The van der Waals surface area contributed by atoms with E-state index in [4.69, 9.17) is 18.9 Å². The number of hydrogen-bond donors (Lipinski definition) is 0. The molecule has 0 aromatic heterocycles. The predicted octanol–water partition coefficient (Wildman–Crippen LogP) is 3.05. The smallest absolute Gasteiger partial charge is 0.260 e. The average molecular weight is 385 g/mol. The minimum Gasteiger partial charge on any atom is -0.493 e. The summed E-state index contributed by atoms with van der Waals surface area (Å²) in [4.78, 5) is 25.8. The highest BCUT2D eigenvalue weighted by Gasteiger charge is 2.18. The Morgan fingerprint density at radius 3 is 2.57 bits per heavy atom. The van der Waals surface area contributed by atoms with Crippen molar-refractivity contribution in [1.29, 1.82) is 0 Å². The van der Waals surface area contributed by atoms with E-state index in [2.05, 4.69) is 0 Å². The molecule has 0 aliphatic carbocycles. The number of nitrogens with zero attached hydrogens (tertiary/aromatic N) is 1. The summed E-state index contributed by atoms with van der Waals surface area (Å²) in [5, 5.41) is 0. The molecule has 2 aromatic rings. The summed E-state index contributed by atoms with van der Waals surface area (Å²) in [6.07, 6.45) is 0. The Balaban J connectivity index is 1.63. The summed E-state index contributed by atoms with van der Waals surface area (Å²) in [6, 6.07) is 10.5. The van der Waals surface area contributed by atoms with E-state index < -0.39 is 0 Å². The molecule has 0 bridgehead atoms. The molecule has 0 unspecified atom stereocenters. The van der Waals surface area contributed by atoms with E-state index in [0.29, 0.717) is 41.7 Å². The summed E-state index contributed by atoms with van der Waals surface area (Å²) >= 11 is 0. The third-order valence-corrected chi connectivity index (χ3v) is 4.47. The van der Waals surface area contributed by atoms with Crippen molar-refractivity contribution in [3.63, 3.8) is 0 Å². The monoisotopic (exact) mass is 385 g/mol. The molecule has 2 aromatic carbocycles. The Bertz CT molecular complexity index is 879. The Hall–Kier alpha value is -3.22. The van der Waals surface area contributed by atoms with Crippen molar-refractivity contribution in [3.05, 3.63) is 47.5 Å². The van der Waals surface area contributed by atoms with Gasteiger partial charge >= 0.3 is 0 Å². The molecule has 0 saturated carbocycles. The molecule has 0 radical (unpaired) electrons. The molecule has 7 heteroatoms. The molecule has 0 N–H and O–H groups in total. The third-order valence-electron chi connectivity index (χ3n) is 4.47. The molecule has 28 heavy (non-hydrogen) atoms. The largest absolute Gasteiger partial charge is 0.493 e. The maximum atomic E-state index is 12.6. The number of carbonyl (C=O) groups excluding carboxylic acids is 2. The van der Waals surface area contributed by atoms with Crippen molar-refractivity contribution in [3.8, 4) is 23.0 Å². The van der Waals surface area contributed by atoms with E-state index >= 15 is 0 Å². The molecular weight excluding hydrogens is 362 g/mol. The number of likely N-dealkylation sites (N-methyl/N-ethyl adjacent to an activating group) is 1. The Labute approximate surface area is 163 Å². The van der Waals surface area contributed by atoms with Gasteiger partial charge in [-0.25, -0.2) is 0 Å². The van der Waals surface area contributed by atoms with Crippen LogP contribution in [0.1, 0.15) is 29.8 Å². The highest BCUT2D eigenvalue weighted by Crippen LogP contribution is 2.33. The second-order valence-corrected chi connectivity index (χ2v) is 6.31. The van der Waals surface area contributed by atoms with Gasteiger partial charge in [0.25, 0.3) is 5.91 Å². The highest BCUT2D eigenvalue weighted by atomic mass is 16.7. The number of carbonyl (C=O) groups is 2. The van der Waals surface area contributed by atoms with Gasteiger partial charge in [-0.3, -0.25) is 9.59 Å². The molecule has 1 aliphatic heterocycles. The minimum atomic E-state index is -0.155. The van der Waals surface area contributed by atoms with Crippen molar-refractivity contribution < 1.29 is 28.5 Å². The number of rotatable bonds is 8. The van der Waals surface area contributed by atoms with Gasteiger partial charge in [0.2, 0.25) is 6.79 Å². The molecule has 0 fully saturated rings. The van der Waals surface area contributed by atoms with Gasteiger partial charge in [0.15, 0.2) is 35.4 Å². The lowest BCUT2D eigenvalue weighted by atomic mass is 10.1. The lowest BCUT2D eigenvalue weighted by Gasteiger charge is -2.21. The zero-order valence-electron chi connectivity index (χ0n) is 16.2. The number of ketones is 1.